The molecule has 2 aliphatic heterocycles. The van der Waals surface area contributed by atoms with Crippen LogP contribution in [0.5, 0.6) is 34.5 Å². The van der Waals surface area contributed by atoms with Crippen LogP contribution in [0.25, 0.3) is 22.9 Å². The average Bonchev–Trinajstić information content (AvgIpc) is 3.32. The second kappa shape index (κ2) is 19.7. The molecule has 0 saturated heterocycles. The number of hydrogen-bond donors (Lipinski definition) is 0. The lowest BCUT2D eigenvalue weighted by atomic mass is 9.81. The van der Waals surface area contributed by atoms with E-state index in [9.17, 15) is 0 Å². The fourth-order valence-electron chi connectivity index (χ4n) is 8.40. The minimum Gasteiger partial charge on any atom is -0.493 e. The molecule has 320 valence electrons. The molecule has 0 fully saturated rings. The van der Waals surface area contributed by atoms with E-state index in [1.165, 1.54) is 0 Å². The van der Waals surface area contributed by atoms with Crippen LogP contribution in [0.4, 0.5) is 0 Å². The van der Waals surface area contributed by atoms with Crippen LogP contribution in [-0.2, 0) is 11.2 Å². The van der Waals surface area contributed by atoms with Crippen LogP contribution in [-0.4, -0.2) is 26.4 Å². The summed E-state index contributed by atoms with van der Waals surface area (Å²) in [7, 11) is 0. The van der Waals surface area contributed by atoms with Crippen LogP contribution in [0, 0.1) is 0 Å². The molecule has 2 atom stereocenters. The molecule has 6 aromatic carbocycles. The van der Waals surface area contributed by atoms with Gasteiger partial charge in [0.1, 0.15) is 34.5 Å². The van der Waals surface area contributed by atoms with Gasteiger partial charge in [-0.05, 0) is 91.8 Å². The molecule has 0 aromatic heterocycles. The smallest absolute Gasteiger partial charge is 0.181 e. The van der Waals surface area contributed by atoms with E-state index in [-0.39, 0.29) is 0 Å². The third-order valence-electron chi connectivity index (χ3n) is 11.9. The van der Waals surface area contributed by atoms with Crippen LogP contribution < -0.4 is 28.4 Å². The first-order valence-electron chi connectivity index (χ1n) is 22.8. The number of rotatable bonds is 20. The van der Waals surface area contributed by atoms with Crippen LogP contribution in [0.2, 0.25) is 0 Å². The minimum absolute atomic E-state index is 0.601. The maximum atomic E-state index is 7.36. The van der Waals surface area contributed by atoms with Crippen molar-refractivity contribution >= 4 is 22.9 Å². The summed E-state index contributed by atoms with van der Waals surface area (Å²) in [6.07, 6.45) is 16.9. The van der Waals surface area contributed by atoms with E-state index in [0.717, 1.165) is 130 Å². The van der Waals surface area contributed by atoms with Crippen LogP contribution >= 0.6 is 0 Å². The van der Waals surface area contributed by atoms with Crippen molar-refractivity contribution < 1.29 is 28.4 Å². The number of ether oxygens (including phenoxy) is 6. The molecule has 0 aliphatic carbocycles. The Kier molecular flexibility index (Phi) is 13.5. The van der Waals surface area contributed by atoms with Gasteiger partial charge in [0, 0.05) is 50.9 Å². The van der Waals surface area contributed by atoms with E-state index in [4.69, 9.17) is 28.4 Å². The van der Waals surface area contributed by atoms with E-state index in [2.05, 4.69) is 137 Å². The summed E-state index contributed by atoms with van der Waals surface area (Å²) in [5.41, 5.74) is 3.93. The van der Waals surface area contributed by atoms with Crippen molar-refractivity contribution in [1.29, 1.82) is 0 Å². The Balaban J connectivity index is 1.24. The summed E-state index contributed by atoms with van der Waals surface area (Å²) < 4.78 is 40.3. The lowest BCUT2D eigenvalue weighted by Crippen LogP contribution is -2.35. The monoisotopic (exact) mass is 828 g/mol. The van der Waals surface area contributed by atoms with Gasteiger partial charge in [-0.15, -0.1) is 0 Å². The Bertz CT molecular complexity index is 2320. The maximum Gasteiger partial charge on any atom is 0.181 e. The molecule has 0 amide bonds. The molecule has 0 spiro atoms. The molecule has 62 heavy (non-hydrogen) atoms. The van der Waals surface area contributed by atoms with Gasteiger partial charge in [0.15, 0.2) is 11.2 Å². The SMILES string of the molecule is CCCCOc1ccc(C2(c3ccccc3)C=Cc3c(ccc4ccc5c(c34)C=CC(c3ccccc3)(c3ccc(OCCCC)cc3OCCCC)O5)O2)c(OCCCC)c1. The zero-order valence-electron chi connectivity index (χ0n) is 36.8. The predicted octanol–water partition coefficient (Wildman–Crippen LogP) is 14.3. The molecule has 6 nitrogen and oxygen atoms in total. The third kappa shape index (κ3) is 8.66. The number of hydrogen-bond acceptors (Lipinski definition) is 6. The number of benzene rings is 6. The molecule has 0 N–H and O–H groups in total. The van der Waals surface area contributed by atoms with Crippen molar-refractivity contribution in [2.45, 2.75) is 90.3 Å². The van der Waals surface area contributed by atoms with Gasteiger partial charge < -0.3 is 28.4 Å². The summed E-state index contributed by atoms with van der Waals surface area (Å²) in [5.74, 6) is 4.66. The Morgan fingerprint density at radius 3 is 1.24 bits per heavy atom. The maximum absolute atomic E-state index is 7.36. The highest BCUT2D eigenvalue weighted by molar-refractivity contribution is 6.02. The van der Waals surface area contributed by atoms with Gasteiger partial charge in [-0.2, -0.15) is 0 Å². The molecule has 0 bridgehead atoms. The Morgan fingerprint density at radius 2 is 0.839 bits per heavy atom. The highest BCUT2D eigenvalue weighted by atomic mass is 16.5. The van der Waals surface area contributed by atoms with Gasteiger partial charge in [0.2, 0.25) is 0 Å². The molecule has 2 unspecified atom stereocenters. The lowest BCUT2D eigenvalue weighted by molar-refractivity contribution is 0.154. The van der Waals surface area contributed by atoms with Crippen molar-refractivity contribution in [1.82, 2.24) is 0 Å². The first-order valence-corrected chi connectivity index (χ1v) is 22.8. The number of unbranched alkanes of at least 4 members (excludes halogenated alkanes) is 4. The minimum atomic E-state index is -0.963. The standard InChI is InChI=1S/C56H60O6/c1-5-9-35-57-44-25-27-48(52(39-44)59-37-11-7-3)55(42-19-15-13-16-20-42)33-31-46-50(61-55)29-23-41-24-30-51-47(54(41)46)32-34-56(62-51,43-21-17-14-18-22-43)49-28-26-45(58-36-10-6-2)40-53(49)60-38-12-8-4/h13-34,39-40H,5-12,35-38H2,1-4H3. The molecule has 6 heteroatoms. The van der Waals surface area contributed by atoms with Gasteiger partial charge in [0.05, 0.1) is 26.4 Å². The first-order chi connectivity index (χ1) is 30.5. The summed E-state index contributed by atoms with van der Waals surface area (Å²) >= 11 is 0. The van der Waals surface area contributed by atoms with Crippen LogP contribution in [0.1, 0.15) is 112 Å². The third-order valence-corrected chi connectivity index (χ3v) is 11.9. The van der Waals surface area contributed by atoms with Gasteiger partial charge in [-0.1, -0.05) is 126 Å². The van der Waals surface area contributed by atoms with Gasteiger partial charge in [-0.3, -0.25) is 0 Å². The Hall–Kier alpha value is -6.14. The zero-order valence-corrected chi connectivity index (χ0v) is 36.8. The summed E-state index contributed by atoms with van der Waals surface area (Å²) in [6.45, 7) is 11.2. The van der Waals surface area contributed by atoms with E-state index in [1.807, 2.05) is 36.4 Å². The number of fused-ring (bicyclic) bond motifs is 5. The quantitative estimate of drug-likeness (QED) is 0.0715. The van der Waals surface area contributed by atoms with Crippen molar-refractivity contribution in [3.63, 3.8) is 0 Å². The molecule has 2 heterocycles. The topological polar surface area (TPSA) is 55.4 Å². The second-order valence-corrected chi connectivity index (χ2v) is 16.3. The lowest BCUT2D eigenvalue weighted by Gasteiger charge is -2.38. The second-order valence-electron chi connectivity index (χ2n) is 16.3. The fraction of sp³-hybridized carbons (Fsp3) is 0.321. The molecule has 8 rings (SSSR count). The molecular formula is C56H60O6. The summed E-state index contributed by atoms with van der Waals surface area (Å²) in [5, 5.41) is 2.16. The highest BCUT2D eigenvalue weighted by Gasteiger charge is 2.42. The first kappa shape index (κ1) is 42.5. The van der Waals surface area contributed by atoms with Crippen molar-refractivity contribution in [2.24, 2.45) is 0 Å². The van der Waals surface area contributed by atoms with Gasteiger partial charge >= 0.3 is 0 Å². The van der Waals surface area contributed by atoms with Crippen molar-refractivity contribution in [3.8, 4) is 34.5 Å². The summed E-state index contributed by atoms with van der Waals surface area (Å²) in [4.78, 5) is 0. The fourth-order valence-corrected chi connectivity index (χ4v) is 8.40. The average molecular weight is 829 g/mol. The zero-order chi connectivity index (χ0) is 42.8. The highest BCUT2D eigenvalue weighted by Crippen LogP contribution is 2.51. The van der Waals surface area contributed by atoms with Gasteiger partial charge in [-0.25, -0.2) is 0 Å². The molecular weight excluding hydrogens is 769 g/mol. The van der Waals surface area contributed by atoms with E-state index in [1.54, 1.807) is 0 Å². The van der Waals surface area contributed by atoms with Crippen molar-refractivity contribution in [3.05, 3.63) is 167 Å². The van der Waals surface area contributed by atoms with E-state index < -0.39 is 11.2 Å². The summed E-state index contributed by atoms with van der Waals surface area (Å²) in [6, 6.07) is 41.7. The predicted molar refractivity (Wildman–Crippen MR) is 252 cm³/mol. The van der Waals surface area contributed by atoms with Crippen LogP contribution in [0.15, 0.2) is 133 Å². The largest absolute Gasteiger partial charge is 0.493 e. The molecule has 2 aliphatic rings. The van der Waals surface area contributed by atoms with Crippen LogP contribution in [0.3, 0.4) is 0 Å². The molecule has 0 saturated carbocycles. The normalized spacial score (nSPS) is 17.4. The molecule has 6 aromatic rings. The Morgan fingerprint density at radius 1 is 0.435 bits per heavy atom. The van der Waals surface area contributed by atoms with E-state index >= 15 is 0 Å². The van der Waals surface area contributed by atoms with E-state index in [0.29, 0.717) is 26.4 Å². The van der Waals surface area contributed by atoms with Crippen molar-refractivity contribution in [2.75, 3.05) is 26.4 Å². The van der Waals surface area contributed by atoms with Gasteiger partial charge in [0.25, 0.3) is 0 Å². The molecule has 0 radical (unpaired) electrons. The Labute approximate surface area is 368 Å².